The molecular formula is C19H20N4O4. The number of hydrogen-bond acceptors (Lipinski definition) is 5. The second-order valence-electron chi connectivity index (χ2n) is 5.99. The maximum absolute atomic E-state index is 12.7. The van der Waals surface area contributed by atoms with E-state index in [4.69, 9.17) is 9.47 Å². The van der Waals surface area contributed by atoms with E-state index in [9.17, 15) is 9.59 Å². The molecule has 1 aromatic carbocycles. The van der Waals surface area contributed by atoms with Crippen LogP contribution < -0.4 is 25.7 Å². The molecule has 3 aromatic rings. The number of benzene rings is 1. The molecule has 0 unspecified atom stereocenters. The summed E-state index contributed by atoms with van der Waals surface area (Å²) in [6.45, 7) is 3.55. The summed E-state index contributed by atoms with van der Waals surface area (Å²) >= 11 is 0. The van der Waals surface area contributed by atoms with Gasteiger partial charge in [0.25, 0.3) is 5.56 Å². The maximum Gasteiger partial charge on any atom is 0.323 e. The lowest BCUT2D eigenvalue weighted by Gasteiger charge is -2.12. The molecule has 0 saturated heterocycles. The molecule has 2 N–H and O–H groups in total. The smallest absolute Gasteiger partial charge is 0.323 e. The van der Waals surface area contributed by atoms with Crippen molar-refractivity contribution in [3.63, 3.8) is 0 Å². The van der Waals surface area contributed by atoms with Gasteiger partial charge in [0.15, 0.2) is 0 Å². The number of nitrogens with zero attached hydrogens (tertiary/aromatic N) is 2. The van der Waals surface area contributed by atoms with Crippen LogP contribution in [0, 0.1) is 13.8 Å². The minimum Gasteiger partial charge on any atom is -0.497 e. The Hall–Kier alpha value is -3.55. The predicted molar refractivity (Wildman–Crippen MR) is 103 cm³/mol. The Labute approximate surface area is 155 Å². The van der Waals surface area contributed by atoms with Gasteiger partial charge in [-0.1, -0.05) is 6.07 Å². The molecule has 0 aliphatic heterocycles. The predicted octanol–water partition coefficient (Wildman–Crippen LogP) is 2.97. The standard InChI is InChI=1S/C19H20N4O4/c1-11-5-6-16-20-12(2)17(18(24)23(16)10-11)22-19(25)21-13-7-14(26-3)9-15(8-13)27-4/h5-10H,1-4H3,(H2,21,22,25). The molecule has 0 fully saturated rings. The molecule has 27 heavy (non-hydrogen) atoms. The van der Waals surface area contributed by atoms with Gasteiger partial charge in [-0.2, -0.15) is 0 Å². The number of rotatable bonds is 4. The van der Waals surface area contributed by atoms with Crippen LogP contribution in [0.15, 0.2) is 41.3 Å². The summed E-state index contributed by atoms with van der Waals surface area (Å²) in [7, 11) is 3.04. The highest BCUT2D eigenvalue weighted by Gasteiger charge is 2.13. The zero-order chi connectivity index (χ0) is 19.6. The fourth-order valence-electron chi connectivity index (χ4n) is 2.66. The second kappa shape index (κ2) is 7.36. The largest absolute Gasteiger partial charge is 0.497 e. The van der Waals surface area contributed by atoms with E-state index in [1.165, 1.54) is 18.6 Å². The van der Waals surface area contributed by atoms with Crippen LogP contribution in [0.4, 0.5) is 16.2 Å². The van der Waals surface area contributed by atoms with Gasteiger partial charge in [0, 0.05) is 30.1 Å². The number of carbonyl (C=O) groups is 1. The van der Waals surface area contributed by atoms with Gasteiger partial charge in [0.05, 0.1) is 19.9 Å². The van der Waals surface area contributed by atoms with Gasteiger partial charge in [-0.3, -0.25) is 9.20 Å². The van der Waals surface area contributed by atoms with Crippen LogP contribution in [0.1, 0.15) is 11.3 Å². The van der Waals surface area contributed by atoms with Crippen molar-refractivity contribution in [1.29, 1.82) is 0 Å². The molecule has 0 saturated carbocycles. The van der Waals surface area contributed by atoms with Crippen LogP contribution >= 0.6 is 0 Å². The van der Waals surface area contributed by atoms with Gasteiger partial charge in [-0.05, 0) is 25.5 Å². The highest BCUT2D eigenvalue weighted by molar-refractivity contribution is 6.00. The topological polar surface area (TPSA) is 94.0 Å². The van der Waals surface area contributed by atoms with E-state index in [0.717, 1.165) is 5.56 Å². The van der Waals surface area contributed by atoms with E-state index >= 15 is 0 Å². The van der Waals surface area contributed by atoms with Gasteiger partial charge in [-0.25, -0.2) is 9.78 Å². The number of nitrogens with one attached hydrogen (secondary N) is 2. The minimum atomic E-state index is -0.570. The molecule has 8 nitrogen and oxygen atoms in total. The summed E-state index contributed by atoms with van der Waals surface area (Å²) in [4.78, 5) is 29.5. The molecule has 140 valence electrons. The number of anilines is 2. The summed E-state index contributed by atoms with van der Waals surface area (Å²) in [5.74, 6) is 1.06. The fraction of sp³-hybridized carbons (Fsp3) is 0.211. The molecule has 0 spiro atoms. The molecule has 2 amide bonds. The molecule has 0 radical (unpaired) electrons. The number of fused-ring (bicyclic) bond motifs is 1. The van der Waals surface area contributed by atoms with E-state index in [1.807, 2.05) is 13.0 Å². The van der Waals surface area contributed by atoms with Crippen molar-refractivity contribution in [3.05, 3.63) is 58.1 Å². The third kappa shape index (κ3) is 3.84. The van der Waals surface area contributed by atoms with Crippen LogP contribution in [0.2, 0.25) is 0 Å². The number of methoxy groups -OCH3 is 2. The van der Waals surface area contributed by atoms with Gasteiger partial charge in [-0.15, -0.1) is 0 Å². The lowest BCUT2D eigenvalue weighted by Crippen LogP contribution is -2.27. The minimum absolute atomic E-state index is 0.116. The maximum atomic E-state index is 12.7. The first-order valence-electron chi connectivity index (χ1n) is 8.22. The van der Waals surface area contributed by atoms with Crippen molar-refractivity contribution in [3.8, 4) is 11.5 Å². The SMILES string of the molecule is COc1cc(NC(=O)Nc2c(C)nc3ccc(C)cn3c2=O)cc(OC)c1. The van der Waals surface area contributed by atoms with E-state index < -0.39 is 6.03 Å². The number of hydrogen-bond donors (Lipinski definition) is 2. The van der Waals surface area contributed by atoms with Gasteiger partial charge < -0.3 is 20.1 Å². The number of urea groups is 1. The fourth-order valence-corrected chi connectivity index (χ4v) is 2.66. The molecule has 2 heterocycles. The third-order valence-corrected chi connectivity index (χ3v) is 4.00. The van der Waals surface area contributed by atoms with E-state index in [1.54, 1.807) is 37.4 Å². The van der Waals surface area contributed by atoms with Gasteiger partial charge in [0.2, 0.25) is 0 Å². The van der Waals surface area contributed by atoms with Crippen molar-refractivity contribution in [2.75, 3.05) is 24.9 Å². The Bertz CT molecular complexity index is 1050. The zero-order valence-electron chi connectivity index (χ0n) is 15.5. The van der Waals surface area contributed by atoms with Crippen LogP contribution in [-0.2, 0) is 0 Å². The summed E-state index contributed by atoms with van der Waals surface area (Å²) in [6.07, 6.45) is 1.68. The summed E-state index contributed by atoms with van der Waals surface area (Å²) in [5.41, 5.74) is 2.10. The lowest BCUT2D eigenvalue weighted by atomic mass is 10.2. The monoisotopic (exact) mass is 368 g/mol. The van der Waals surface area contributed by atoms with Crippen molar-refractivity contribution in [1.82, 2.24) is 9.38 Å². The highest BCUT2D eigenvalue weighted by atomic mass is 16.5. The molecule has 8 heteroatoms. The molecule has 0 atom stereocenters. The first-order valence-corrected chi connectivity index (χ1v) is 8.22. The van der Waals surface area contributed by atoms with Gasteiger partial charge >= 0.3 is 6.03 Å². The average Bonchev–Trinajstić information content (AvgIpc) is 2.65. The van der Waals surface area contributed by atoms with Crippen LogP contribution in [0.25, 0.3) is 5.65 Å². The van der Waals surface area contributed by atoms with Crippen LogP contribution in [0.5, 0.6) is 11.5 Å². The first kappa shape index (κ1) is 18.2. The van der Waals surface area contributed by atoms with Gasteiger partial charge in [0.1, 0.15) is 22.8 Å². The number of aryl methyl sites for hydroxylation is 2. The number of amides is 2. The van der Waals surface area contributed by atoms with Crippen molar-refractivity contribution in [2.45, 2.75) is 13.8 Å². The van der Waals surface area contributed by atoms with Crippen LogP contribution in [0.3, 0.4) is 0 Å². The summed E-state index contributed by atoms with van der Waals surface area (Å²) in [6, 6.07) is 8.04. The van der Waals surface area contributed by atoms with Crippen molar-refractivity contribution < 1.29 is 14.3 Å². The quantitative estimate of drug-likeness (QED) is 0.738. The number of ether oxygens (including phenoxy) is 2. The summed E-state index contributed by atoms with van der Waals surface area (Å²) < 4.78 is 11.8. The Morgan fingerprint density at radius 2 is 1.70 bits per heavy atom. The van der Waals surface area contributed by atoms with Crippen molar-refractivity contribution in [2.24, 2.45) is 0 Å². The zero-order valence-corrected chi connectivity index (χ0v) is 15.5. The second-order valence-corrected chi connectivity index (χ2v) is 5.99. The molecule has 0 aliphatic rings. The molecule has 2 aromatic heterocycles. The number of carbonyl (C=O) groups excluding carboxylic acids is 1. The van der Waals surface area contributed by atoms with Crippen molar-refractivity contribution >= 4 is 23.1 Å². The molecule has 0 bridgehead atoms. The van der Waals surface area contributed by atoms with E-state index in [0.29, 0.717) is 28.5 Å². The highest BCUT2D eigenvalue weighted by Crippen LogP contribution is 2.25. The number of aromatic nitrogens is 2. The Kier molecular flexibility index (Phi) is 4.98. The normalized spacial score (nSPS) is 10.5. The van der Waals surface area contributed by atoms with E-state index in [2.05, 4.69) is 15.6 Å². The molecular weight excluding hydrogens is 348 g/mol. The van der Waals surface area contributed by atoms with Crippen LogP contribution in [-0.4, -0.2) is 29.6 Å². The number of pyridine rings is 1. The Morgan fingerprint density at radius 1 is 1.04 bits per heavy atom. The third-order valence-electron chi connectivity index (χ3n) is 4.00. The lowest BCUT2D eigenvalue weighted by molar-refractivity contribution is 0.262. The average molecular weight is 368 g/mol. The molecule has 3 rings (SSSR count). The van der Waals surface area contributed by atoms with E-state index in [-0.39, 0.29) is 11.2 Å². The Morgan fingerprint density at radius 3 is 2.33 bits per heavy atom. The Balaban J connectivity index is 1.89. The summed E-state index contributed by atoms with van der Waals surface area (Å²) in [5, 5.41) is 5.25. The first-order chi connectivity index (χ1) is 12.9. The molecule has 0 aliphatic carbocycles.